The molecule has 16 heteroatoms. The maximum Gasteiger partial charge on any atom is 0.471 e. The highest BCUT2D eigenvalue weighted by Crippen LogP contribution is 2.49. The molecule has 0 radical (unpaired) electrons. The average molecular weight is 639 g/mol. The molecule has 2 saturated carbocycles. The highest BCUT2D eigenvalue weighted by Gasteiger charge is 2.61. The fraction of sp³-hybridized carbons (Fsp3) is 0.750. The minimum absolute atomic E-state index is 0.0577. The van der Waals surface area contributed by atoms with E-state index >= 15 is 8.78 Å². The fourth-order valence-corrected chi connectivity index (χ4v) is 6.59. The SMILES string of the molecule is CCOC(=O)/C(F)=C/[C@H](C[C@@H]1CCNC1=O)NC(=O)[C@H]1[C@H]2CC[C@H](CC2(F)F)N1C(=O)[C@@H](CC1CCC1)NC(=O)C(F)(F)F. The topological polar surface area (TPSA) is 134 Å². The van der Waals surface area contributed by atoms with Gasteiger partial charge in [0, 0.05) is 24.9 Å². The maximum absolute atomic E-state index is 15.2. The minimum Gasteiger partial charge on any atom is -0.461 e. The second-order valence-corrected chi connectivity index (χ2v) is 11.9. The molecule has 0 spiro atoms. The van der Waals surface area contributed by atoms with Gasteiger partial charge in [0.25, 0.3) is 5.92 Å². The summed E-state index contributed by atoms with van der Waals surface area (Å²) in [5.74, 6) is -13.7. The summed E-state index contributed by atoms with van der Waals surface area (Å²) < 4.78 is 89.1. The van der Waals surface area contributed by atoms with Crippen LogP contribution < -0.4 is 16.0 Å². The summed E-state index contributed by atoms with van der Waals surface area (Å²) in [5.41, 5.74) is 0. The Morgan fingerprint density at radius 1 is 1.09 bits per heavy atom. The minimum atomic E-state index is -5.31. The van der Waals surface area contributed by atoms with E-state index in [-0.39, 0.29) is 38.2 Å². The Hall–Kier alpha value is -3.33. The number of fused-ring (bicyclic) bond motifs is 3. The molecule has 0 aromatic rings. The van der Waals surface area contributed by atoms with Crippen molar-refractivity contribution in [1.82, 2.24) is 20.9 Å². The maximum atomic E-state index is 15.2. The molecule has 0 aromatic heterocycles. The van der Waals surface area contributed by atoms with Crippen molar-refractivity contribution >= 4 is 29.6 Å². The predicted molar refractivity (Wildman–Crippen MR) is 140 cm³/mol. The molecule has 0 unspecified atom stereocenters. The number of nitrogens with one attached hydrogen (secondary N) is 3. The number of halogens is 6. The van der Waals surface area contributed by atoms with E-state index < -0.39 is 89.9 Å². The molecule has 5 fully saturated rings. The zero-order valence-corrected chi connectivity index (χ0v) is 24.1. The Labute approximate surface area is 249 Å². The van der Waals surface area contributed by atoms with Crippen LogP contribution in [-0.4, -0.2) is 83.9 Å². The lowest BCUT2D eigenvalue weighted by Crippen LogP contribution is -2.71. The number of esters is 1. The smallest absolute Gasteiger partial charge is 0.461 e. The summed E-state index contributed by atoms with van der Waals surface area (Å²) in [6.45, 7) is 1.58. The molecule has 2 bridgehead atoms. The number of carbonyl (C=O) groups is 5. The van der Waals surface area contributed by atoms with Gasteiger partial charge in [-0.15, -0.1) is 0 Å². The van der Waals surface area contributed by atoms with Crippen molar-refractivity contribution < 1.29 is 55.1 Å². The van der Waals surface area contributed by atoms with Crippen LogP contribution in [0.4, 0.5) is 26.3 Å². The molecule has 44 heavy (non-hydrogen) atoms. The highest BCUT2D eigenvalue weighted by molar-refractivity contribution is 5.94. The molecule has 6 atom stereocenters. The summed E-state index contributed by atoms with van der Waals surface area (Å²) >= 11 is 0. The van der Waals surface area contributed by atoms with Crippen LogP contribution >= 0.6 is 0 Å². The number of piperidine rings is 2. The van der Waals surface area contributed by atoms with Gasteiger partial charge in [-0.1, -0.05) is 19.3 Å². The lowest BCUT2D eigenvalue weighted by Gasteiger charge is -2.54. The van der Waals surface area contributed by atoms with Crippen molar-refractivity contribution in [2.24, 2.45) is 17.8 Å². The third kappa shape index (κ3) is 7.48. The van der Waals surface area contributed by atoms with Crippen LogP contribution in [0.15, 0.2) is 11.9 Å². The average Bonchev–Trinajstić information content (AvgIpc) is 3.31. The number of rotatable bonds is 11. The number of ether oxygens (including phenoxy) is 1. The first-order valence-corrected chi connectivity index (χ1v) is 14.8. The number of nitrogens with zero attached hydrogens (tertiary/aromatic N) is 1. The second-order valence-electron chi connectivity index (χ2n) is 11.9. The molecule has 2 aliphatic carbocycles. The van der Waals surface area contributed by atoms with Crippen molar-refractivity contribution in [3.63, 3.8) is 0 Å². The van der Waals surface area contributed by atoms with Gasteiger partial charge in [0.05, 0.1) is 18.6 Å². The van der Waals surface area contributed by atoms with Gasteiger partial charge in [-0.2, -0.15) is 17.6 Å². The van der Waals surface area contributed by atoms with Gasteiger partial charge in [0.1, 0.15) is 12.1 Å². The first-order valence-electron chi connectivity index (χ1n) is 14.8. The van der Waals surface area contributed by atoms with Gasteiger partial charge in [-0.3, -0.25) is 19.2 Å². The van der Waals surface area contributed by atoms with Gasteiger partial charge in [0.15, 0.2) is 0 Å². The number of hydrogen-bond donors (Lipinski definition) is 3. The quantitative estimate of drug-likeness (QED) is 0.181. The summed E-state index contributed by atoms with van der Waals surface area (Å²) in [6, 6.07) is -6.15. The van der Waals surface area contributed by atoms with Crippen molar-refractivity contribution in [1.29, 1.82) is 0 Å². The normalized spacial score (nSPS) is 28.0. The zero-order chi connectivity index (χ0) is 32.4. The van der Waals surface area contributed by atoms with Crippen LogP contribution in [0.3, 0.4) is 0 Å². The molecule has 4 amide bonds. The van der Waals surface area contributed by atoms with Crippen molar-refractivity contribution in [2.75, 3.05) is 13.2 Å². The van der Waals surface area contributed by atoms with Gasteiger partial charge in [0.2, 0.25) is 23.5 Å². The van der Waals surface area contributed by atoms with E-state index in [1.165, 1.54) is 6.92 Å². The van der Waals surface area contributed by atoms with Crippen LogP contribution in [0.25, 0.3) is 0 Å². The predicted octanol–water partition coefficient (Wildman–Crippen LogP) is 2.67. The molecule has 3 aliphatic heterocycles. The van der Waals surface area contributed by atoms with Crippen LogP contribution in [0.5, 0.6) is 0 Å². The molecule has 3 N–H and O–H groups in total. The number of hydrogen-bond acceptors (Lipinski definition) is 6. The summed E-state index contributed by atoms with van der Waals surface area (Å²) in [5, 5.41) is 6.69. The molecule has 3 saturated heterocycles. The van der Waals surface area contributed by atoms with E-state index in [9.17, 15) is 41.5 Å². The first-order chi connectivity index (χ1) is 20.6. The molecule has 3 heterocycles. The van der Waals surface area contributed by atoms with Gasteiger partial charge >= 0.3 is 18.1 Å². The monoisotopic (exact) mass is 638 g/mol. The number of alkyl halides is 5. The molecular weight excluding hydrogens is 602 g/mol. The Morgan fingerprint density at radius 3 is 2.34 bits per heavy atom. The van der Waals surface area contributed by atoms with E-state index in [4.69, 9.17) is 0 Å². The molecule has 10 nitrogen and oxygen atoms in total. The Morgan fingerprint density at radius 2 is 1.80 bits per heavy atom. The number of amides is 4. The molecule has 246 valence electrons. The van der Waals surface area contributed by atoms with Crippen LogP contribution in [0, 0.1) is 17.8 Å². The van der Waals surface area contributed by atoms with E-state index in [2.05, 4.69) is 15.4 Å². The highest BCUT2D eigenvalue weighted by atomic mass is 19.4. The molecular formula is C28H36F6N4O6. The van der Waals surface area contributed by atoms with Gasteiger partial charge in [-0.25, -0.2) is 13.6 Å². The molecule has 5 rings (SSSR count). The van der Waals surface area contributed by atoms with E-state index in [0.29, 0.717) is 31.9 Å². The van der Waals surface area contributed by atoms with Crippen LogP contribution in [0.1, 0.15) is 64.7 Å². The second kappa shape index (κ2) is 13.3. The lowest BCUT2D eigenvalue weighted by atomic mass is 9.71. The van der Waals surface area contributed by atoms with Gasteiger partial charge in [-0.05, 0) is 51.0 Å². The zero-order valence-electron chi connectivity index (χ0n) is 24.1. The third-order valence-corrected chi connectivity index (χ3v) is 8.96. The van der Waals surface area contributed by atoms with E-state index in [1.54, 1.807) is 5.32 Å². The molecule has 5 aliphatic rings. The van der Waals surface area contributed by atoms with E-state index in [0.717, 1.165) is 11.3 Å². The Kier molecular flexibility index (Phi) is 10.2. The Bertz CT molecular complexity index is 1180. The largest absolute Gasteiger partial charge is 0.471 e. The lowest BCUT2D eigenvalue weighted by molar-refractivity contribution is -0.196. The Balaban J connectivity index is 1.64. The van der Waals surface area contributed by atoms with Crippen LogP contribution in [-0.2, 0) is 28.7 Å². The number of carbonyl (C=O) groups excluding carboxylic acids is 5. The van der Waals surface area contributed by atoms with Crippen molar-refractivity contribution in [3.05, 3.63) is 11.9 Å². The standard InChI is InChI=1S/C28H36F6N4O6/c1-2-44-25(42)19(29)12-16(11-15-8-9-35-22(15)39)36-23(40)21-18-7-6-17(13-27(18,30)31)38(21)24(41)20(10-14-4-3-5-14)37-26(43)28(32,33)34/h12,14-18,20-21H,2-11,13H2,1H3,(H,35,39)(H,36,40)(H,37,43)/b19-12-/t15-,16-,17+,18+,20+,21+/m0/s1. The van der Waals surface area contributed by atoms with Gasteiger partial charge < -0.3 is 25.6 Å². The first kappa shape index (κ1) is 33.6. The third-order valence-electron chi connectivity index (χ3n) is 8.96. The summed E-state index contributed by atoms with van der Waals surface area (Å²) in [7, 11) is 0. The van der Waals surface area contributed by atoms with Crippen molar-refractivity contribution in [3.8, 4) is 0 Å². The van der Waals surface area contributed by atoms with Crippen LogP contribution in [0.2, 0.25) is 0 Å². The molecule has 0 aromatic carbocycles. The van der Waals surface area contributed by atoms with E-state index in [1.807, 2.05) is 0 Å². The summed E-state index contributed by atoms with van der Waals surface area (Å²) in [4.78, 5) is 64.4. The summed E-state index contributed by atoms with van der Waals surface area (Å²) in [6.07, 6.45) is -3.60. The van der Waals surface area contributed by atoms with Crippen molar-refractivity contribution in [2.45, 2.75) is 101 Å². The fourth-order valence-electron chi connectivity index (χ4n) is 6.59.